The van der Waals surface area contributed by atoms with Crippen LogP contribution < -0.4 is 11.1 Å². The van der Waals surface area contributed by atoms with Gasteiger partial charge in [-0.05, 0) is 31.9 Å². The summed E-state index contributed by atoms with van der Waals surface area (Å²) in [7, 11) is 0. The quantitative estimate of drug-likeness (QED) is 0.803. The van der Waals surface area contributed by atoms with Crippen molar-refractivity contribution in [2.45, 2.75) is 25.9 Å². The summed E-state index contributed by atoms with van der Waals surface area (Å²) in [5, 5.41) is 2.73. The summed E-state index contributed by atoms with van der Waals surface area (Å²) in [6.07, 6.45) is 2.04. The molecule has 0 saturated carbocycles. The Kier molecular flexibility index (Phi) is 3.81. The maximum absolute atomic E-state index is 13.5. The van der Waals surface area contributed by atoms with Crippen molar-refractivity contribution in [2.75, 3.05) is 18.9 Å². The van der Waals surface area contributed by atoms with E-state index in [2.05, 4.69) is 5.32 Å². The average Bonchev–Trinajstić information content (AvgIpc) is 2.85. The second kappa shape index (κ2) is 5.35. The smallest absolute Gasteiger partial charge is 0.251 e. The molecule has 1 saturated heterocycles. The zero-order valence-corrected chi connectivity index (χ0v) is 10.3. The number of anilines is 1. The van der Waals surface area contributed by atoms with Crippen molar-refractivity contribution in [1.29, 1.82) is 0 Å². The molecular weight excluding hydrogens is 235 g/mol. The Balaban J connectivity index is 2.00. The van der Waals surface area contributed by atoms with Gasteiger partial charge in [-0.15, -0.1) is 0 Å². The van der Waals surface area contributed by atoms with Gasteiger partial charge < -0.3 is 15.8 Å². The molecule has 3 N–H and O–H groups in total. The predicted molar refractivity (Wildman–Crippen MR) is 66.9 cm³/mol. The molecule has 1 atom stereocenters. The van der Waals surface area contributed by atoms with Crippen molar-refractivity contribution in [3.63, 3.8) is 0 Å². The van der Waals surface area contributed by atoms with Crippen LogP contribution >= 0.6 is 0 Å². The summed E-state index contributed by atoms with van der Waals surface area (Å²) in [5.74, 6) is -0.784. The van der Waals surface area contributed by atoms with Crippen molar-refractivity contribution in [1.82, 2.24) is 5.32 Å². The minimum absolute atomic E-state index is 0.0709. The van der Waals surface area contributed by atoms with E-state index >= 15 is 0 Å². The highest BCUT2D eigenvalue weighted by atomic mass is 19.1. The largest absolute Gasteiger partial charge is 0.398 e. The van der Waals surface area contributed by atoms with E-state index in [4.69, 9.17) is 10.5 Å². The van der Waals surface area contributed by atoms with E-state index in [1.165, 1.54) is 12.1 Å². The van der Waals surface area contributed by atoms with Crippen molar-refractivity contribution in [3.05, 3.63) is 29.1 Å². The fourth-order valence-corrected chi connectivity index (χ4v) is 1.95. The maximum atomic E-state index is 13.5. The molecule has 0 radical (unpaired) electrons. The summed E-state index contributed by atoms with van der Waals surface area (Å²) >= 11 is 0. The summed E-state index contributed by atoms with van der Waals surface area (Å²) < 4.78 is 18.8. The Morgan fingerprint density at radius 2 is 2.39 bits per heavy atom. The normalized spacial score (nSPS) is 18.9. The van der Waals surface area contributed by atoms with Gasteiger partial charge in [0.25, 0.3) is 5.91 Å². The van der Waals surface area contributed by atoms with Gasteiger partial charge >= 0.3 is 0 Å². The van der Waals surface area contributed by atoms with Gasteiger partial charge in [0.15, 0.2) is 0 Å². The monoisotopic (exact) mass is 252 g/mol. The number of halogens is 1. The standard InChI is InChI=1S/C13H17FN2O2/c1-8-11(14)5-9(6-12(8)15)13(17)16-7-10-3-2-4-18-10/h5-6,10H,2-4,7,15H2,1H3,(H,16,17). The van der Waals surface area contributed by atoms with E-state index in [1.807, 2.05) is 0 Å². The summed E-state index contributed by atoms with van der Waals surface area (Å²) in [6, 6.07) is 2.69. The van der Waals surface area contributed by atoms with Crippen LogP contribution in [0.2, 0.25) is 0 Å². The number of amides is 1. The van der Waals surface area contributed by atoms with Crippen LogP contribution in [0.15, 0.2) is 12.1 Å². The highest BCUT2D eigenvalue weighted by Gasteiger charge is 2.17. The molecule has 0 aliphatic carbocycles. The molecule has 1 fully saturated rings. The molecule has 1 aliphatic heterocycles. The molecule has 0 spiro atoms. The molecule has 5 heteroatoms. The molecule has 98 valence electrons. The molecule has 18 heavy (non-hydrogen) atoms. The molecule has 0 bridgehead atoms. The maximum Gasteiger partial charge on any atom is 0.251 e. The molecule has 1 aromatic rings. The molecular formula is C13H17FN2O2. The van der Waals surface area contributed by atoms with Crippen LogP contribution in [0.1, 0.15) is 28.8 Å². The molecule has 1 heterocycles. The van der Waals surface area contributed by atoms with E-state index in [0.29, 0.717) is 12.1 Å². The third-order valence-corrected chi connectivity index (χ3v) is 3.16. The minimum Gasteiger partial charge on any atom is -0.398 e. The lowest BCUT2D eigenvalue weighted by Crippen LogP contribution is -2.31. The van der Waals surface area contributed by atoms with Crippen LogP contribution in [0.5, 0.6) is 0 Å². The number of carbonyl (C=O) groups excluding carboxylic acids is 1. The van der Waals surface area contributed by atoms with Gasteiger partial charge in [0.1, 0.15) is 5.82 Å². The molecule has 0 aromatic heterocycles. The first kappa shape index (κ1) is 12.8. The van der Waals surface area contributed by atoms with E-state index in [9.17, 15) is 9.18 Å². The number of hydrogen-bond acceptors (Lipinski definition) is 3. The molecule has 1 aliphatic rings. The Morgan fingerprint density at radius 3 is 3.00 bits per heavy atom. The van der Waals surface area contributed by atoms with Gasteiger partial charge in [-0.25, -0.2) is 4.39 Å². The van der Waals surface area contributed by atoms with Crippen LogP contribution in [0.3, 0.4) is 0 Å². The van der Waals surface area contributed by atoms with Gasteiger partial charge in [-0.1, -0.05) is 0 Å². The highest BCUT2D eigenvalue weighted by molar-refractivity contribution is 5.95. The fraction of sp³-hybridized carbons (Fsp3) is 0.462. The SMILES string of the molecule is Cc1c(N)cc(C(=O)NCC2CCCO2)cc1F. The Labute approximate surface area is 105 Å². The van der Waals surface area contributed by atoms with Crippen molar-refractivity contribution >= 4 is 11.6 Å². The number of benzene rings is 1. The third kappa shape index (κ3) is 2.79. The highest BCUT2D eigenvalue weighted by Crippen LogP contribution is 2.17. The molecule has 2 rings (SSSR count). The van der Waals surface area contributed by atoms with Crippen molar-refractivity contribution in [2.24, 2.45) is 0 Å². The summed E-state index contributed by atoms with van der Waals surface area (Å²) in [4.78, 5) is 11.8. The van der Waals surface area contributed by atoms with Crippen molar-refractivity contribution in [3.8, 4) is 0 Å². The van der Waals surface area contributed by atoms with Gasteiger partial charge in [-0.2, -0.15) is 0 Å². The van der Waals surface area contributed by atoms with Crippen LogP contribution in [0.25, 0.3) is 0 Å². The third-order valence-electron chi connectivity index (χ3n) is 3.16. The lowest BCUT2D eigenvalue weighted by Gasteiger charge is -2.11. The van der Waals surface area contributed by atoms with Crippen LogP contribution in [0, 0.1) is 12.7 Å². The van der Waals surface area contributed by atoms with Crippen LogP contribution in [-0.4, -0.2) is 25.2 Å². The van der Waals surface area contributed by atoms with Crippen LogP contribution in [0.4, 0.5) is 10.1 Å². The van der Waals surface area contributed by atoms with Gasteiger partial charge in [-0.3, -0.25) is 4.79 Å². The first-order valence-corrected chi connectivity index (χ1v) is 6.03. The van der Waals surface area contributed by atoms with E-state index in [-0.39, 0.29) is 23.3 Å². The summed E-state index contributed by atoms with van der Waals surface area (Å²) in [5.41, 5.74) is 6.53. The molecule has 1 amide bonds. The first-order chi connectivity index (χ1) is 8.58. The van der Waals surface area contributed by atoms with E-state index in [0.717, 1.165) is 19.4 Å². The number of hydrogen-bond donors (Lipinski definition) is 2. The second-order valence-electron chi connectivity index (χ2n) is 4.52. The second-order valence-corrected chi connectivity index (χ2v) is 4.52. The number of rotatable bonds is 3. The molecule has 1 unspecified atom stereocenters. The summed E-state index contributed by atoms with van der Waals surface area (Å²) in [6.45, 7) is 2.78. The van der Waals surface area contributed by atoms with Gasteiger partial charge in [0.2, 0.25) is 0 Å². The van der Waals surface area contributed by atoms with Crippen LogP contribution in [-0.2, 0) is 4.74 Å². The zero-order chi connectivity index (χ0) is 13.1. The number of ether oxygens (including phenoxy) is 1. The van der Waals surface area contributed by atoms with Crippen molar-refractivity contribution < 1.29 is 13.9 Å². The Hall–Kier alpha value is -1.62. The number of nitrogens with two attached hydrogens (primary N) is 1. The molecule has 1 aromatic carbocycles. The number of carbonyl (C=O) groups is 1. The van der Waals surface area contributed by atoms with E-state index < -0.39 is 5.82 Å². The molecule has 4 nitrogen and oxygen atoms in total. The average molecular weight is 252 g/mol. The van der Waals surface area contributed by atoms with Gasteiger partial charge in [0, 0.05) is 30.0 Å². The topological polar surface area (TPSA) is 64.4 Å². The number of nitrogen functional groups attached to an aromatic ring is 1. The first-order valence-electron chi connectivity index (χ1n) is 6.03. The lowest BCUT2D eigenvalue weighted by atomic mass is 10.1. The lowest BCUT2D eigenvalue weighted by molar-refractivity contribution is 0.0857. The minimum atomic E-state index is -0.461. The predicted octanol–water partition coefficient (Wildman–Crippen LogP) is 1.63. The fourth-order valence-electron chi connectivity index (χ4n) is 1.95. The number of nitrogens with one attached hydrogen (secondary N) is 1. The Bertz CT molecular complexity index is 433. The Morgan fingerprint density at radius 1 is 1.61 bits per heavy atom. The van der Waals surface area contributed by atoms with Gasteiger partial charge in [0.05, 0.1) is 6.10 Å². The zero-order valence-electron chi connectivity index (χ0n) is 10.3. The van der Waals surface area contributed by atoms with E-state index in [1.54, 1.807) is 6.92 Å².